The summed E-state index contributed by atoms with van der Waals surface area (Å²) in [5.41, 5.74) is 3.25. The van der Waals surface area contributed by atoms with Gasteiger partial charge in [-0.05, 0) is 39.1 Å². The van der Waals surface area contributed by atoms with Crippen LogP contribution in [0.5, 0.6) is 0 Å². The van der Waals surface area contributed by atoms with E-state index in [0.717, 1.165) is 17.0 Å². The average Bonchev–Trinajstić information content (AvgIpc) is 3.33. The van der Waals surface area contributed by atoms with Gasteiger partial charge < -0.3 is 14.5 Å². The van der Waals surface area contributed by atoms with Gasteiger partial charge in [-0.1, -0.05) is 31.2 Å². The number of aromatic amines is 1. The summed E-state index contributed by atoms with van der Waals surface area (Å²) in [5, 5.41) is 1.20. The first-order chi connectivity index (χ1) is 13.7. The molecule has 1 aliphatic carbocycles. The molecular weight excluding hydrogens is 368 g/mol. The summed E-state index contributed by atoms with van der Waals surface area (Å²) in [7, 11) is 2.18. The van der Waals surface area contributed by atoms with Crippen LogP contribution in [-0.4, -0.2) is 68.2 Å². The summed E-state index contributed by atoms with van der Waals surface area (Å²) >= 11 is 1.85. The van der Waals surface area contributed by atoms with Crippen molar-refractivity contribution in [2.45, 2.75) is 45.1 Å². The van der Waals surface area contributed by atoms with Crippen LogP contribution in [0.4, 0.5) is 0 Å². The van der Waals surface area contributed by atoms with Crippen LogP contribution < -0.4 is 0 Å². The third-order valence-electron chi connectivity index (χ3n) is 6.07. The number of H-pyrrole nitrogens is 1. The van der Waals surface area contributed by atoms with Crippen LogP contribution in [0.1, 0.15) is 44.0 Å². The molecule has 28 heavy (non-hydrogen) atoms. The molecule has 5 rings (SSSR count). The normalized spacial score (nSPS) is 19.8. The smallest absolute Gasteiger partial charge is 0.139 e. The van der Waals surface area contributed by atoms with Gasteiger partial charge in [0.15, 0.2) is 0 Å². The van der Waals surface area contributed by atoms with Gasteiger partial charge in [-0.15, -0.1) is 0 Å². The monoisotopic (exact) mass is 400 g/mol. The number of nitrogens with zero attached hydrogens (tertiary/aromatic N) is 5. The number of nitrogens with one attached hydrogen (secondary N) is 1. The van der Waals surface area contributed by atoms with Crippen molar-refractivity contribution in [3.05, 3.63) is 24.3 Å². The van der Waals surface area contributed by atoms with E-state index in [0.29, 0.717) is 6.04 Å². The van der Waals surface area contributed by atoms with Crippen molar-refractivity contribution in [1.82, 2.24) is 28.7 Å². The molecule has 6 nitrogen and oxygen atoms in total. The molecule has 0 atom stereocenters. The van der Waals surface area contributed by atoms with Crippen molar-refractivity contribution in [1.29, 1.82) is 0 Å². The lowest BCUT2D eigenvalue weighted by Gasteiger charge is -2.30. The summed E-state index contributed by atoms with van der Waals surface area (Å²) in [6.07, 6.45) is 12.6. The van der Waals surface area contributed by atoms with Crippen LogP contribution >= 0.6 is 11.9 Å². The molecule has 0 bridgehead atoms. The van der Waals surface area contributed by atoms with Gasteiger partial charge >= 0.3 is 0 Å². The fourth-order valence-corrected chi connectivity index (χ4v) is 4.99. The number of aryl methyl sites for hydroxylation is 1. The Morgan fingerprint density at radius 2 is 1.86 bits per heavy atom. The first-order valence-electron chi connectivity index (χ1n) is 10.5. The van der Waals surface area contributed by atoms with E-state index in [2.05, 4.69) is 50.0 Å². The van der Waals surface area contributed by atoms with E-state index in [9.17, 15) is 0 Å². The number of rotatable bonds is 2. The Morgan fingerprint density at radius 3 is 2.57 bits per heavy atom. The average molecular weight is 401 g/mol. The van der Waals surface area contributed by atoms with E-state index in [1.165, 1.54) is 69.2 Å². The number of hydrogen-bond acceptors (Lipinski definition) is 5. The van der Waals surface area contributed by atoms with E-state index in [1.54, 1.807) is 0 Å². The largest absolute Gasteiger partial charge is 0.346 e. The minimum atomic E-state index is 0.610. The molecule has 152 valence electrons. The molecule has 3 aromatic rings. The first kappa shape index (κ1) is 19.7. The standard InChI is InChI=1S/C15H18N4.C6H14N2S/c1-10-18-13-9-17-15-12(7-8-16-15)14(13)19(10)11-5-3-2-4-6-11;1-7-3-5-8(9-2)6-4-7/h7-9,11H,2-6H2,1H3,(H,16,17);3-6H2,1-2H3. The predicted octanol–water partition coefficient (Wildman–Crippen LogP) is 4.24. The Kier molecular flexibility index (Phi) is 6.23. The van der Waals surface area contributed by atoms with E-state index >= 15 is 0 Å². The third-order valence-corrected chi connectivity index (χ3v) is 6.95. The lowest BCUT2D eigenvalue weighted by Crippen LogP contribution is -2.40. The Morgan fingerprint density at radius 1 is 1.11 bits per heavy atom. The van der Waals surface area contributed by atoms with Crippen LogP contribution in [0.3, 0.4) is 0 Å². The van der Waals surface area contributed by atoms with Crippen molar-refractivity contribution >= 4 is 34.0 Å². The number of hydrogen-bond donors (Lipinski definition) is 1. The second-order valence-corrected chi connectivity index (χ2v) is 8.85. The Bertz CT molecular complexity index is 902. The highest BCUT2D eigenvalue weighted by molar-refractivity contribution is 7.96. The van der Waals surface area contributed by atoms with Crippen molar-refractivity contribution in [3.63, 3.8) is 0 Å². The predicted molar refractivity (Wildman–Crippen MR) is 119 cm³/mol. The van der Waals surface area contributed by atoms with Crippen LogP contribution in [-0.2, 0) is 0 Å². The number of likely N-dealkylation sites (N-methyl/N-ethyl adjacent to an activating group) is 1. The summed E-state index contributed by atoms with van der Waals surface area (Å²) in [5.74, 6) is 1.12. The minimum Gasteiger partial charge on any atom is -0.346 e. The Labute approximate surface area is 171 Å². The molecule has 0 amide bonds. The quantitative estimate of drug-likeness (QED) is 0.652. The molecule has 1 aliphatic heterocycles. The van der Waals surface area contributed by atoms with Crippen molar-refractivity contribution in [3.8, 4) is 0 Å². The highest BCUT2D eigenvalue weighted by atomic mass is 32.2. The fourth-order valence-electron chi connectivity index (χ4n) is 4.47. The zero-order chi connectivity index (χ0) is 19.5. The summed E-state index contributed by atoms with van der Waals surface area (Å²) in [6.45, 7) is 7.00. The van der Waals surface area contributed by atoms with Gasteiger partial charge in [0.05, 0.1) is 11.7 Å². The zero-order valence-electron chi connectivity index (χ0n) is 17.3. The molecule has 0 radical (unpaired) electrons. The Balaban J connectivity index is 0.000000181. The van der Waals surface area contributed by atoms with Crippen molar-refractivity contribution < 1.29 is 0 Å². The molecule has 4 heterocycles. The maximum Gasteiger partial charge on any atom is 0.139 e. The molecule has 1 N–H and O–H groups in total. The number of imidazole rings is 1. The number of piperazine rings is 1. The van der Waals surface area contributed by atoms with Gasteiger partial charge in [0.1, 0.15) is 17.0 Å². The zero-order valence-corrected chi connectivity index (χ0v) is 18.1. The van der Waals surface area contributed by atoms with Crippen molar-refractivity contribution in [2.24, 2.45) is 0 Å². The summed E-state index contributed by atoms with van der Waals surface area (Å²) in [4.78, 5) is 14.7. The van der Waals surface area contributed by atoms with Gasteiger partial charge in [0, 0.05) is 43.8 Å². The van der Waals surface area contributed by atoms with Crippen LogP contribution in [0, 0.1) is 6.92 Å². The van der Waals surface area contributed by atoms with E-state index in [1.807, 2.05) is 24.3 Å². The summed E-state index contributed by atoms with van der Waals surface area (Å²) in [6, 6.07) is 2.73. The molecule has 1 saturated carbocycles. The number of aromatic nitrogens is 4. The van der Waals surface area contributed by atoms with Crippen LogP contribution in [0.2, 0.25) is 0 Å². The molecule has 2 fully saturated rings. The SMILES string of the molecule is CSN1CCN(C)CC1.Cc1nc2cnc3[nH]ccc3c2n1C1CCCCC1. The maximum atomic E-state index is 4.70. The van der Waals surface area contributed by atoms with Crippen LogP contribution in [0.25, 0.3) is 22.1 Å². The highest BCUT2D eigenvalue weighted by Gasteiger charge is 2.21. The van der Waals surface area contributed by atoms with Gasteiger partial charge in [-0.3, -0.25) is 0 Å². The Hall–Kier alpha value is -1.57. The minimum absolute atomic E-state index is 0.610. The molecule has 0 unspecified atom stereocenters. The molecular formula is C21H32N6S. The van der Waals surface area contributed by atoms with Gasteiger partial charge in [0.2, 0.25) is 0 Å². The highest BCUT2D eigenvalue weighted by Crippen LogP contribution is 2.34. The molecule has 0 aromatic carbocycles. The lowest BCUT2D eigenvalue weighted by atomic mass is 9.95. The van der Waals surface area contributed by atoms with E-state index < -0.39 is 0 Å². The summed E-state index contributed by atoms with van der Waals surface area (Å²) < 4.78 is 4.85. The molecule has 3 aromatic heterocycles. The molecule has 1 saturated heterocycles. The van der Waals surface area contributed by atoms with Crippen LogP contribution in [0.15, 0.2) is 18.5 Å². The molecule has 2 aliphatic rings. The lowest BCUT2D eigenvalue weighted by molar-refractivity contribution is 0.234. The van der Waals surface area contributed by atoms with Gasteiger partial charge in [-0.2, -0.15) is 0 Å². The van der Waals surface area contributed by atoms with Gasteiger partial charge in [-0.25, -0.2) is 14.3 Å². The second-order valence-electron chi connectivity index (χ2n) is 7.97. The topological polar surface area (TPSA) is 53.0 Å². The molecule has 0 spiro atoms. The number of pyridine rings is 1. The van der Waals surface area contributed by atoms with Crippen molar-refractivity contribution in [2.75, 3.05) is 39.5 Å². The third kappa shape index (κ3) is 4.07. The van der Waals surface area contributed by atoms with E-state index in [4.69, 9.17) is 4.98 Å². The maximum absolute atomic E-state index is 4.70. The second kappa shape index (κ2) is 8.84. The van der Waals surface area contributed by atoms with Gasteiger partial charge in [0.25, 0.3) is 0 Å². The fraction of sp³-hybridized carbons (Fsp3) is 0.619. The molecule has 7 heteroatoms. The van der Waals surface area contributed by atoms with E-state index in [-0.39, 0.29) is 0 Å². The number of fused-ring (bicyclic) bond motifs is 3. The first-order valence-corrected chi connectivity index (χ1v) is 11.6.